The molecule has 1 N–H and O–H groups in total. The van der Waals surface area contributed by atoms with E-state index in [0.717, 1.165) is 45.3 Å². The van der Waals surface area contributed by atoms with Gasteiger partial charge in [-0.15, -0.1) is 0 Å². The molecule has 0 aliphatic heterocycles. The highest BCUT2D eigenvalue weighted by atomic mass is 16.6. The quantitative estimate of drug-likeness (QED) is 0.429. The SMILES string of the molecule is Cc1ccc(-c2nc3cc(-c4c(C)noc4C)ccn3c2NCC(=O)OC(C)(C)C)cc1. The minimum Gasteiger partial charge on any atom is -0.459 e. The molecular weight excluding hydrogens is 404 g/mol. The van der Waals surface area contributed by atoms with Crippen LogP contribution in [0, 0.1) is 20.8 Å². The van der Waals surface area contributed by atoms with Gasteiger partial charge in [0, 0.05) is 17.3 Å². The van der Waals surface area contributed by atoms with Gasteiger partial charge in [-0.2, -0.15) is 0 Å². The van der Waals surface area contributed by atoms with Crippen LogP contribution < -0.4 is 5.32 Å². The smallest absolute Gasteiger partial charge is 0.325 e. The molecule has 3 aromatic heterocycles. The van der Waals surface area contributed by atoms with E-state index in [1.54, 1.807) is 0 Å². The lowest BCUT2D eigenvalue weighted by Crippen LogP contribution is -2.28. The second-order valence-corrected chi connectivity index (χ2v) is 8.96. The van der Waals surface area contributed by atoms with Crippen LogP contribution in [0.5, 0.6) is 0 Å². The summed E-state index contributed by atoms with van der Waals surface area (Å²) in [6, 6.07) is 12.2. The number of rotatable bonds is 5. The Morgan fingerprint density at radius 3 is 2.44 bits per heavy atom. The van der Waals surface area contributed by atoms with Gasteiger partial charge < -0.3 is 14.6 Å². The van der Waals surface area contributed by atoms with E-state index in [0.29, 0.717) is 0 Å². The van der Waals surface area contributed by atoms with Gasteiger partial charge in [-0.25, -0.2) is 4.98 Å². The largest absolute Gasteiger partial charge is 0.459 e. The highest BCUT2D eigenvalue weighted by molar-refractivity contribution is 5.82. The Bertz CT molecular complexity index is 1260. The summed E-state index contributed by atoms with van der Waals surface area (Å²) in [6.45, 7) is 11.5. The normalized spacial score (nSPS) is 11.7. The number of ether oxygens (including phenoxy) is 1. The fourth-order valence-electron chi connectivity index (χ4n) is 3.71. The number of nitrogens with one attached hydrogen (secondary N) is 1. The van der Waals surface area contributed by atoms with Crippen molar-refractivity contribution in [1.29, 1.82) is 0 Å². The Kier molecular flexibility index (Phi) is 5.50. The number of aryl methyl sites for hydroxylation is 3. The van der Waals surface area contributed by atoms with E-state index in [-0.39, 0.29) is 12.5 Å². The number of anilines is 1. The fraction of sp³-hybridized carbons (Fsp3) is 0.320. The average molecular weight is 433 g/mol. The topological polar surface area (TPSA) is 81.7 Å². The molecule has 166 valence electrons. The van der Waals surface area contributed by atoms with Crippen LogP contribution in [0.15, 0.2) is 47.1 Å². The molecule has 0 aliphatic carbocycles. The Labute approximate surface area is 187 Å². The monoisotopic (exact) mass is 432 g/mol. The zero-order valence-electron chi connectivity index (χ0n) is 19.3. The van der Waals surface area contributed by atoms with Crippen molar-refractivity contribution in [1.82, 2.24) is 14.5 Å². The van der Waals surface area contributed by atoms with Crippen LogP contribution in [0.2, 0.25) is 0 Å². The van der Waals surface area contributed by atoms with E-state index in [4.69, 9.17) is 14.2 Å². The van der Waals surface area contributed by atoms with Crippen LogP contribution in [0.3, 0.4) is 0 Å². The lowest BCUT2D eigenvalue weighted by atomic mass is 10.1. The minimum absolute atomic E-state index is 0.0372. The lowest BCUT2D eigenvalue weighted by Gasteiger charge is -2.19. The number of fused-ring (bicyclic) bond motifs is 1. The van der Waals surface area contributed by atoms with Crippen molar-refractivity contribution in [3.63, 3.8) is 0 Å². The molecule has 7 heteroatoms. The number of aromatic nitrogens is 3. The van der Waals surface area contributed by atoms with E-state index in [1.165, 1.54) is 5.56 Å². The van der Waals surface area contributed by atoms with Gasteiger partial charge in [0.1, 0.15) is 35.1 Å². The molecule has 4 aromatic rings. The molecule has 0 saturated carbocycles. The maximum Gasteiger partial charge on any atom is 0.325 e. The van der Waals surface area contributed by atoms with E-state index >= 15 is 0 Å². The number of carbonyl (C=O) groups excluding carboxylic acids is 1. The van der Waals surface area contributed by atoms with Crippen molar-refractivity contribution in [2.24, 2.45) is 0 Å². The van der Waals surface area contributed by atoms with Gasteiger partial charge in [0.25, 0.3) is 0 Å². The van der Waals surface area contributed by atoms with Crippen LogP contribution >= 0.6 is 0 Å². The molecule has 4 rings (SSSR count). The van der Waals surface area contributed by atoms with Crippen LogP contribution in [-0.2, 0) is 9.53 Å². The second kappa shape index (κ2) is 8.15. The van der Waals surface area contributed by atoms with Crippen LogP contribution in [0.25, 0.3) is 28.0 Å². The van der Waals surface area contributed by atoms with E-state index in [9.17, 15) is 4.79 Å². The summed E-state index contributed by atoms with van der Waals surface area (Å²) < 4.78 is 12.7. The molecule has 0 unspecified atom stereocenters. The molecule has 0 fully saturated rings. The number of benzene rings is 1. The minimum atomic E-state index is -0.540. The first-order valence-electron chi connectivity index (χ1n) is 10.6. The number of esters is 1. The van der Waals surface area contributed by atoms with Gasteiger partial charge in [-0.3, -0.25) is 9.20 Å². The zero-order chi connectivity index (χ0) is 23.0. The molecule has 0 spiro atoms. The first kappa shape index (κ1) is 21.6. The van der Waals surface area contributed by atoms with Gasteiger partial charge in [-0.05, 0) is 59.2 Å². The van der Waals surface area contributed by atoms with Gasteiger partial charge in [0.05, 0.1) is 5.69 Å². The van der Waals surface area contributed by atoms with Gasteiger partial charge in [0.15, 0.2) is 0 Å². The maximum atomic E-state index is 12.3. The number of pyridine rings is 1. The number of carbonyl (C=O) groups is 1. The third-order valence-electron chi connectivity index (χ3n) is 5.09. The summed E-state index contributed by atoms with van der Waals surface area (Å²) >= 11 is 0. The van der Waals surface area contributed by atoms with Crippen LogP contribution in [-0.4, -0.2) is 32.7 Å². The number of hydrogen-bond acceptors (Lipinski definition) is 6. The summed E-state index contributed by atoms with van der Waals surface area (Å²) in [5.41, 5.74) is 5.89. The standard InChI is InChI=1S/C25H28N4O3/c1-15-7-9-18(10-8-15)23-24(26-14-21(30)31-25(4,5)6)29-12-11-19(13-20(29)27-23)22-16(2)28-32-17(22)3/h7-13,26H,14H2,1-6H3. The van der Waals surface area contributed by atoms with Crippen LogP contribution in [0.4, 0.5) is 5.82 Å². The summed E-state index contributed by atoms with van der Waals surface area (Å²) in [5.74, 6) is 1.18. The molecule has 7 nitrogen and oxygen atoms in total. The zero-order valence-corrected chi connectivity index (χ0v) is 19.3. The molecule has 0 atom stereocenters. The van der Waals surface area contributed by atoms with Gasteiger partial charge >= 0.3 is 5.97 Å². The van der Waals surface area contributed by atoms with Crippen molar-refractivity contribution in [3.8, 4) is 22.4 Å². The van der Waals surface area contributed by atoms with Crippen molar-refractivity contribution in [2.45, 2.75) is 47.1 Å². The molecule has 0 saturated heterocycles. The second-order valence-electron chi connectivity index (χ2n) is 8.96. The van der Waals surface area contributed by atoms with Crippen molar-refractivity contribution >= 4 is 17.4 Å². The molecule has 32 heavy (non-hydrogen) atoms. The molecule has 0 amide bonds. The predicted octanol–water partition coefficient (Wildman–Crippen LogP) is 5.34. The molecule has 0 radical (unpaired) electrons. The summed E-state index contributed by atoms with van der Waals surface area (Å²) in [6.07, 6.45) is 1.94. The Hall–Kier alpha value is -3.61. The third kappa shape index (κ3) is 4.37. The van der Waals surface area contributed by atoms with Crippen LogP contribution in [0.1, 0.15) is 37.8 Å². The third-order valence-corrected chi connectivity index (χ3v) is 5.09. The fourth-order valence-corrected chi connectivity index (χ4v) is 3.71. The van der Waals surface area contributed by atoms with Crippen molar-refractivity contribution in [2.75, 3.05) is 11.9 Å². The number of hydrogen-bond donors (Lipinski definition) is 1. The van der Waals surface area contributed by atoms with Gasteiger partial charge in [0.2, 0.25) is 0 Å². The molecule has 3 heterocycles. The predicted molar refractivity (Wildman–Crippen MR) is 125 cm³/mol. The summed E-state index contributed by atoms with van der Waals surface area (Å²) in [7, 11) is 0. The highest BCUT2D eigenvalue weighted by Gasteiger charge is 2.20. The number of nitrogens with zero attached hydrogens (tertiary/aromatic N) is 3. The van der Waals surface area contributed by atoms with Crippen molar-refractivity contribution in [3.05, 3.63) is 59.6 Å². The Morgan fingerprint density at radius 1 is 1.09 bits per heavy atom. The van der Waals surface area contributed by atoms with E-state index < -0.39 is 5.60 Å². The summed E-state index contributed by atoms with van der Waals surface area (Å²) in [4.78, 5) is 17.2. The summed E-state index contributed by atoms with van der Waals surface area (Å²) in [5, 5.41) is 7.31. The van der Waals surface area contributed by atoms with E-state index in [2.05, 4.69) is 10.5 Å². The first-order chi connectivity index (χ1) is 15.1. The van der Waals surface area contributed by atoms with Crippen molar-refractivity contribution < 1.29 is 14.1 Å². The molecular formula is C25H28N4O3. The lowest BCUT2D eigenvalue weighted by molar-refractivity contribution is -0.152. The van der Waals surface area contributed by atoms with Gasteiger partial charge in [-0.1, -0.05) is 35.0 Å². The Morgan fingerprint density at radius 2 is 1.81 bits per heavy atom. The molecule has 1 aromatic carbocycles. The maximum absolute atomic E-state index is 12.3. The first-order valence-corrected chi connectivity index (χ1v) is 10.6. The average Bonchev–Trinajstić information content (AvgIpc) is 3.24. The molecule has 0 bridgehead atoms. The Balaban J connectivity index is 1.77. The van der Waals surface area contributed by atoms with E-state index in [1.807, 2.05) is 88.5 Å². The number of imidazole rings is 1. The highest BCUT2D eigenvalue weighted by Crippen LogP contribution is 2.33. The molecule has 0 aliphatic rings.